The predicted molar refractivity (Wildman–Crippen MR) is 201 cm³/mol. The van der Waals surface area contributed by atoms with Gasteiger partial charge in [0.05, 0.1) is 12.1 Å². The quantitative estimate of drug-likeness (QED) is 0.113. The number of ether oxygens (including phenoxy) is 1. The lowest BCUT2D eigenvalue weighted by Gasteiger charge is -2.32. The second-order valence-electron chi connectivity index (χ2n) is 14.0. The van der Waals surface area contributed by atoms with Crippen LogP contribution < -0.4 is 5.73 Å². The number of carbonyl (C=O) groups excluding carboxylic acids is 1. The molecule has 260 valence electrons. The van der Waals surface area contributed by atoms with Crippen molar-refractivity contribution in [3.05, 3.63) is 101 Å². The molecular formula is C42H59N3O3. The van der Waals surface area contributed by atoms with Crippen molar-refractivity contribution in [3.63, 3.8) is 0 Å². The number of methoxy groups -OCH3 is 1. The molecule has 0 radical (unpaired) electrons. The van der Waals surface area contributed by atoms with Gasteiger partial charge >= 0.3 is 0 Å². The maximum Gasteiger partial charge on any atom is 0.161 e. The fraction of sp³-hybridized carbons (Fsp3) is 0.524. The molecule has 1 aromatic rings. The minimum absolute atomic E-state index is 0.0645. The highest BCUT2D eigenvalue weighted by molar-refractivity contribution is 5.97. The van der Waals surface area contributed by atoms with Gasteiger partial charge in [-0.15, -0.1) is 0 Å². The van der Waals surface area contributed by atoms with Gasteiger partial charge in [-0.1, -0.05) is 69.0 Å². The molecule has 1 unspecified atom stereocenters. The van der Waals surface area contributed by atoms with E-state index < -0.39 is 0 Å². The zero-order valence-electron chi connectivity index (χ0n) is 30.0. The van der Waals surface area contributed by atoms with E-state index >= 15 is 0 Å². The number of allylic oxidation sites excluding steroid dienone is 7. The normalized spacial score (nSPS) is 25.7. The van der Waals surface area contributed by atoms with Gasteiger partial charge in [-0.3, -0.25) is 9.79 Å². The minimum Gasteiger partial charge on any atom is -0.396 e. The Morgan fingerprint density at radius 2 is 1.96 bits per heavy atom. The van der Waals surface area contributed by atoms with Gasteiger partial charge in [0.25, 0.3) is 0 Å². The Labute approximate surface area is 289 Å². The number of aliphatic hydroxyl groups is 1. The van der Waals surface area contributed by atoms with Gasteiger partial charge in [0.2, 0.25) is 0 Å². The molecule has 3 aliphatic rings. The first-order valence-electron chi connectivity index (χ1n) is 18.1. The maximum atomic E-state index is 12.8. The van der Waals surface area contributed by atoms with E-state index in [1.165, 1.54) is 11.1 Å². The molecule has 0 amide bonds. The summed E-state index contributed by atoms with van der Waals surface area (Å²) in [5.41, 5.74) is 14.5. The van der Waals surface area contributed by atoms with Crippen molar-refractivity contribution >= 4 is 17.6 Å². The van der Waals surface area contributed by atoms with Gasteiger partial charge in [0.15, 0.2) is 5.78 Å². The van der Waals surface area contributed by atoms with Crippen LogP contribution in [-0.4, -0.2) is 61.4 Å². The molecule has 2 aliphatic carbocycles. The lowest BCUT2D eigenvalue weighted by molar-refractivity contribution is -0.122. The fourth-order valence-corrected chi connectivity index (χ4v) is 7.39. The number of nitrogens with two attached hydrogens (primary N) is 1. The van der Waals surface area contributed by atoms with E-state index in [-0.39, 0.29) is 35.9 Å². The van der Waals surface area contributed by atoms with E-state index in [4.69, 9.17) is 10.5 Å². The second-order valence-corrected chi connectivity index (χ2v) is 14.0. The summed E-state index contributed by atoms with van der Waals surface area (Å²) in [6, 6.07) is 9.08. The van der Waals surface area contributed by atoms with Crippen molar-refractivity contribution in [1.29, 1.82) is 0 Å². The van der Waals surface area contributed by atoms with E-state index in [0.717, 1.165) is 104 Å². The molecule has 3 N–H and O–H groups in total. The van der Waals surface area contributed by atoms with Gasteiger partial charge < -0.3 is 20.5 Å². The summed E-state index contributed by atoms with van der Waals surface area (Å²) in [5, 5.41) is 9.54. The molecular weight excluding hydrogens is 594 g/mol. The monoisotopic (exact) mass is 653 g/mol. The van der Waals surface area contributed by atoms with Crippen LogP contribution in [0, 0.1) is 11.8 Å². The number of aliphatic imine (C=N–C) groups is 1. The van der Waals surface area contributed by atoms with E-state index in [1.54, 1.807) is 0 Å². The Bertz CT molecular complexity index is 1440. The number of ketones is 1. The summed E-state index contributed by atoms with van der Waals surface area (Å²) >= 11 is 0. The van der Waals surface area contributed by atoms with Crippen LogP contribution in [0.15, 0.2) is 94.7 Å². The molecule has 6 heteroatoms. The highest BCUT2D eigenvalue weighted by atomic mass is 16.5. The zero-order valence-corrected chi connectivity index (χ0v) is 30.0. The smallest absolute Gasteiger partial charge is 0.161 e. The summed E-state index contributed by atoms with van der Waals surface area (Å²) in [7, 11) is 1.84. The molecule has 0 bridgehead atoms. The molecule has 2 atom stereocenters. The molecule has 1 aliphatic heterocycles. The Kier molecular flexibility index (Phi) is 14.0. The lowest BCUT2D eigenvalue weighted by atomic mass is 9.76. The molecule has 48 heavy (non-hydrogen) atoms. The van der Waals surface area contributed by atoms with Gasteiger partial charge in [-0.05, 0) is 117 Å². The van der Waals surface area contributed by atoms with Crippen LogP contribution in [0.4, 0.5) is 0 Å². The van der Waals surface area contributed by atoms with Crippen LogP contribution in [0.1, 0.15) is 96.1 Å². The third-order valence-corrected chi connectivity index (χ3v) is 10.4. The van der Waals surface area contributed by atoms with Crippen LogP contribution in [0.2, 0.25) is 0 Å². The molecule has 4 rings (SSSR count). The molecule has 6 nitrogen and oxygen atoms in total. The van der Waals surface area contributed by atoms with Crippen LogP contribution in [-0.2, 0) is 15.1 Å². The molecule has 1 aromatic carbocycles. The largest absolute Gasteiger partial charge is 0.396 e. The summed E-state index contributed by atoms with van der Waals surface area (Å²) in [4.78, 5) is 19.8. The van der Waals surface area contributed by atoms with Crippen molar-refractivity contribution in [3.8, 4) is 0 Å². The first-order valence-corrected chi connectivity index (χ1v) is 18.1. The number of hydrogen-bond donors (Lipinski definition) is 2. The van der Waals surface area contributed by atoms with Crippen LogP contribution in [0.25, 0.3) is 5.57 Å². The van der Waals surface area contributed by atoms with Crippen LogP contribution in [0.5, 0.6) is 0 Å². The number of aliphatic hydroxyl groups excluding tert-OH is 1. The highest BCUT2D eigenvalue weighted by Crippen LogP contribution is 2.41. The number of carbonyl (C=O) groups is 1. The zero-order chi connectivity index (χ0) is 34.7. The molecule has 0 aromatic heterocycles. The van der Waals surface area contributed by atoms with Gasteiger partial charge in [0.1, 0.15) is 0 Å². The Morgan fingerprint density at radius 3 is 2.60 bits per heavy atom. The van der Waals surface area contributed by atoms with Crippen LogP contribution in [0.3, 0.4) is 0 Å². The van der Waals surface area contributed by atoms with Crippen LogP contribution >= 0.6 is 0 Å². The van der Waals surface area contributed by atoms with Gasteiger partial charge in [-0.25, -0.2) is 0 Å². The van der Waals surface area contributed by atoms with E-state index in [1.807, 2.05) is 13.3 Å². The SMILES string of the molecule is C=C1CN=CC=C(N(CCC)CCCC(=C)C(=O)[C@H]2C[C@H](N)C2)/C1=C/C(=C\C)c1ccc(C2(OC)CCC/C(=C/[C@H](C)CO)CC2)cc1. The van der Waals surface area contributed by atoms with Crippen molar-refractivity contribution in [2.45, 2.75) is 96.6 Å². The van der Waals surface area contributed by atoms with Crippen molar-refractivity contribution in [2.24, 2.45) is 22.6 Å². The Hall–Kier alpha value is -3.32. The van der Waals surface area contributed by atoms with Gasteiger partial charge in [-0.2, -0.15) is 0 Å². The lowest BCUT2D eigenvalue weighted by Crippen LogP contribution is -2.40. The second kappa shape index (κ2) is 17.9. The summed E-state index contributed by atoms with van der Waals surface area (Å²) in [6.45, 7) is 17.4. The van der Waals surface area contributed by atoms with Crippen molar-refractivity contribution < 1.29 is 14.6 Å². The van der Waals surface area contributed by atoms with Crippen molar-refractivity contribution in [1.82, 2.24) is 4.90 Å². The third-order valence-electron chi connectivity index (χ3n) is 10.4. The third kappa shape index (κ3) is 9.43. The maximum absolute atomic E-state index is 12.8. The number of rotatable bonds is 15. The van der Waals surface area contributed by atoms with Gasteiger partial charge in [0, 0.05) is 56.3 Å². The fourth-order valence-electron chi connectivity index (χ4n) is 7.39. The topological polar surface area (TPSA) is 88.2 Å². The molecule has 0 saturated heterocycles. The van der Waals surface area contributed by atoms with Crippen molar-refractivity contribution in [2.75, 3.05) is 33.4 Å². The number of benzene rings is 1. The average molecular weight is 654 g/mol. The molecule has 2 fully saturated rings. The predicted octanol–water partition coefficient (Wildman–Crippen LogP) is 8.26. The first kappa shape index (κ1) is 37.5. The number of hydrogen-bond acceptors (Lipinski definition) is 6. The number of Topliss-reactive ketones (excluding diaryl/α,β-unsaturated/α-hetero) is 1. The van der Waals surface area contributed by atoms with E-state index in [9.17, 15) is 9.90 Å². The van der Waals surface area contributed by atoms with E-state index in [0.29, 0.717) is 13.0 Å². The molecule has 2 saturated carbocycles. The highest BCUT2D eigenvalue weighted by Gasteiger charge is 2.34. The molecule has 1 heterocycles. The number of nitrogens with zero attached hydrogens (tertiary/aromatic N) is 2. The summed E-state index contributed by atoms with van der Waals surface area (Å²) in [6.07, 6.45) is 19.9. The minimum atomic E-state index is -0.310. The Balaban J connectivity index is 1.52. The summed E-state index contributed by atoms with van der Waals surface area (Å²) in [5.74, 6) is 0.451. The summed E-state index contributed by atoms with van der Waals surface area (Å²) < 4.78 is 6.28. The Morgan fingerprint density at radius 1 is 1.21 bits per heavy atom. The molecule has 0 spiro atoms. The standard InChI is InChI=1S/C42H59N3O3/c1-7-22-45(23-10-11-31(4)41(47)36-25-38(43)26-36)40-18-21-44-28-32(5)39(40)27-34(8-2)35-13-15-37(16-14-35)42(48-6)19-9-12-33(17-20-42)24-30(3)29-46/h8,13-16,18,21,24,27,30,36,38,46H,4-5,7,9-12,17,19-20,22-23,25-26,28-29,43H2,1-3,6H3/b33-24-,34-8+,39-27+/t30-,36-,38-,42?/m0/s1. The van der Waals surface area contributed by atoms with E-state index in [2.05, 4.69) is 92.4 Å². The average Bonchev–Trinajstić information content (AvgIpc) is 3.40. The first-order chi connectivity index (χ1) is 23.1.